The first-order valence-electron chi connectivity index (χ1n) is 4.84. The van der Waals surface area contributed by atoms with Crippen LogP contribution >= 0.6 is 12.2 Å². The number of nitrogens with one attached hydrogen (secondary N) is 2. The van der Waals surface area contributed by atoms with Gasteiger partial charge < -0.3 is 16.4 Å². The highest BCUT2D eigenvalue weighted by Crippen LogP contribution is 2.04. The van der Waals surface area contributed by atoms with Crippen molar-refractivity contribution >= 4 is 28.9 Å². The highest BCUT2D eigenvalue weighted by molar-refractivity contribution is 7.80. The number of carbonyl (C=O) groups is 1. The van der Waals surface area contributed by atoms with Crippen molar-refractivity contribution in [1.29, 1.82) is 0 Å². The summed E-state index contributed by atoms with van der Waals surface area (Å²) in [5, 5.41) is 5.56. The Kier molecular flexibility index (Phi) is 4.65. The van der Waals surface area contributed by atoms with Crippen LogP contribution in [0.2, 0.25) is 0 Å². The first-order chi connectivity index (χ1) is 7.63. The Bertz CT molecular complexity index is 377. The van der Waals surface area contributed by atoms with Crippen LogP contribution in [0.15, 0.2) is 18.3 Å². The lowest BCUT2D eigenvalue weighted by Gasteiger charge is -2.05. The van der Waals surface area contributed by atoms with Crippen LogP contribution in [0.5, 0.6) is 0 Å². The van der Waals surface area contributed by atoms with Crippen LogP contribution in [0, 0.1) is 0 Å². The standard InChI is InChI=1S/C10H14N4OS/c1-12-9(15)4-5-13-8-3-2-7(6-14-8)10(11)16/h2-3,6H,4-5H2,1H3,(H2,11,16)(H,12,15)(H,13,14). The molecule has 16 heavy (non-hydrogen) atoms. The van der Waals surface area contributed by atoms with E-state index in [2.05, 4.69) is 15.6 Å². The van der Waals surface area contributed by atoms with Crippen LogP contribution in [-0.2, 0) is 4.79 Å². The van der Waals surface area contributed by atoms with Crippen molar-refractivity contribution in [1.82, 2.24) is 10.3 Å². The Labute approximate surface area is 99.4 Å². The van der Waals surface area contributed by atoms with Gasteiger partial charge in [-0.1, -0.05) is 12.2 Å². The molecular formula is C10H14N4OS. The summed E-state index contributed by atoms with van der Waals surface area (Å²) in [6.07, 6.45) is 2.01. The van der Waals surface area contributed by atoms with Gasteiger partial charge in [0, 0.05) is 31.8 Å². The molecule has 1 amide bonds. The van der Waals surface area contributed by atoms with Crippen molar-refractivity contribution in [2.75, 3.05) is 18.9 Å². The van der Waals surface area contributed by atoms with E-state index in [1.54, 1.807) is 25.4 Å². The maximum absolute atomic E-state index is 10.9. The highest BCUT2D eigenvalue weighted by atomic mass is 32.1. The number of nitrogens with two attached hydrogens (primary N) is 1. The molecule has 0 atom stereocenters. The summed E-state index contributed by atoms with van der Waals surface area (Å²) in [7, 11) is 1.61. The molecule has 0 saturated carbocycles. The zero-order chi connectivity index (χ0) is 12.0. The number of rotatable bonds is 5. The van der Waals surface area contributed by atoms with Crippen molar-refractivity contribution in [2.45, 2.75) is 6.42 Å². The molecule has 0 aliphatic rings. The monoisotopic (exact) mass is 238 g/mol. The second-order valence-electron chi connectivity index (χ2n) is 3.15. The van der Waals surface area contributed by atoms with Crippen LogP contribution < -0.4 is 16.4 Å². The average Bonchev–Trinajstić information content (AvgIpc) is 2.29. The molecular weight excluding hydrogens is 224 g/mol. The molecule has 0 unspecified atom stereocenters. The molecule has 6 heteroatoms. The minimum Gasteiger partial charge on any atom is -0.389 e. The van der Waals surface area contributed by atoms with Gasteiger partial charge in [-0.15, -0.1) is 0 Å². The molecule has 0 aliphatic heterocycles. The van der Waals surface area contributed by atoms with Crippen LogP contribution in [0.25, 0.3) is 0 Å². The summed E-state index contributed by atoms with van der Waals surface area (Å²) >= 11 is 4.81. The maximum Gasteiger partial charge on any atom is 0.221 e. The quantitative estimate of drug-likeness (QED) is 0.641. The second-order valence-corrected chi connectivity index (χ2v) is 3.59. The van der Waals surface area contributed by atoms with Crippen molar-refractivity contribution in [3.05, 3.63) is 23.9 Å². The molecule has 0 radical (unpaired) electrons. The molecule has 5 nitrogen and oxygen atoms in total. The van der Waals surface area contributed by atoms with Crippen molar-refractivity contribution in [3.8, 4) is 0 Å². The molecule has 86 valence electrons. The van der Waals surface area contributed by atoms with Gasteiger partial charge in [0.2, 0.25) is 5.91 Å². The minimum atomic E-state index is -0.00717. The first-order valence-corrected chi connectivity index (χ1v) is 5.24. The van der Waals surface area contributed by atoms with E-state index in [0.717, 1.165) is 5.56 Å². The molecule has 4 N–H and O–H groups in total. The zero-order valence-electron chi connectivity index (χ0n) is 8.99. The number of amides is 1. The third kappa shape index (κ3) is 3.82. The SMILES string of the molecule is CNC(=O)CCNc1ccc(C(N)=S)cn1. The number of carbonyl (C=O) groups excluding carboxylic acids is 1. The first kappa shape index (κ1) is 12.4. The molecule has 0 saturated heterocycles. The van der Waals surface area contributed by atoms with E-state index < -0.39 is 0 Å². The number of thiocarbonyl (C=S) groups is 1. The number of hydrogen-bond acceptors (Lipinski definition) is 4. The summed E-state index contributed by atoms with van der Waals surface area (Å²) < 4.78 is 0. The highest BCUT2D eigenvalue weighted by Gasteiger charge is 1.99. The molecule has 0 spiro atoms. The minimum absolute atomic E-state index is 0.00717. The molecule has 0 aliphatic carbocycles. The number of anilines is 1. The van der Waals surface area contributed by atoms with Crippen LogP contribution in [0.3, 0.4) is 0 Å². The topological polar surface area (TPSA) is 80.0 Å². The van der Waals surface area contributed by atoms with Gasteiger partial charge in [-0.3, -0.25) is 4.79 Å². The number of aromatic nitrogens is 1. The number of nitrogens with zero attached hydrogens (tertiary/aromatic N) is 1. The summed E-state index contributed by atoms with van der Waals surface area (Å²) in [5.74, 6) is 0.691. The molecule has 1 heterocycles. The maximum atomic E-state index is 10.9. The fraction of sp³-hybridized carbons (Fsp3) is 0.300. The lowest BCUT2D eigenvalue weighted by molar-refractivity contribution is -0.120. The molecule has 1 aromatic heterocycles. The van der Waals surface area contributed by atoms with E-state index in [-0.39, 0.29) is 5.91 Å². The predicted molar refractivity (Wildman–Crippen MR) is 67.3 cm³/mol. The molecule has 0 bridgehead atoms. The third-order valence-corrected chi connectivity index (χ3v) is 2.22. The number of hydrogen-bond donors (Lipinski definition) is 3. The normalized spacial score (nSPS) is 9.56. The van der Waals surface area contributed by atoms with Gasteiger partial charge in [-0.2, -0.15) is 0 Å². The van der Waals surface area contributed by atoms with E-state index in [0.29, 0.717) is 23.8 Å². The lowest BCUT2D eigenvalue weighted by atomic mass is 10.3. The van der Waals surface area contributed by atoms with Crippen LogP contribution in [0.4, 0.5) is 5.82 Å². The summed E-state index contributed by atoms with van der Waals surface area (Å²) in [4.78, 5) is 15.4. The Morgan fingerprint density at radius 1 is 1.56 bits per heavy atom. The second kappa shape index (κ2) is 6.02. The Balaban J connectivity index is 2.43. The molecule has 0 fully saturated rings. The average molecular weight is 238 g/mol. The van der Waals surface area contributed by atoms with E-state index in [1.165, 1.54) is 0 Å². The number of pyridine rings is 1. The van der Waals surface area contributed by atoms with Gasteiger partial charge in [0.15, 0.2) is 0 Å². The van der Waals surface area contributed by atoms with Gasteiger partial charge in [-0.05, 0) is 12.1 Å². The summed E-state index contributed by atoms with van der Waals surface area (Å²) in [5.41, 5.74) is 6.17. The lowest BCUT2D eigenvalue weighted by Crippen LogP contribution is -2.21. The van der Waals surface area contributed by atoms with Crippen molar-refractivity contribution < 1.29 is 4.79 Å². The smallest absolute Gasteiger partial charge is 0.221 e. The van der Waals surface area contributed by atoms with E-state index in [1.807, 2.05) is 0 Å². The van der Waals surface area contributed by atoms with Gasteiger partial charge in [0.25, 0.3) is 0 Å². The molecule has 1 aromatic rings. The van der Waals surface area contributed by atoms with Crippen molar-refractivity contribution in [3.63, 3.8) is 0 Å². The fourth-order valence-corrected chi connectivity index (χ4v) is 1.19. The Morgan fingerprint density at radius 3 is 2.81 bits per heavy atom. The van der Waals surface area contributed by atoms with Gasteiger partial charge in [0.1, 0.15) is 10.8 Å². The van der Waals surface area contributed by atoms with Crippen molar-refractivity contribution in [2.24, 2.45) is 5.73 Å². The van der Waals surface area contributed by atoms with Crippen LogP contribution in [0.1, 0.15) is 12.0 Å². The third-order valence-electron chi connectivity index (χ3n) is 1.99. The molecule has 1 rings (SSSR count). The van der Waals surface area contributed by atoms with Gasteiger partial charge >= 0.3 is 0 Å². The van der Waals surface area contributed by atoms with E-state index in [4.69, 9.17) is 18.0 Å². The van der Waals surface area contributed by atoms with E-state index >= 15 is 0 Å². The van der Waals surface area contributed by atoms with Gasteiger partial charge in [-0.25, -0.2) is 4.98 Å². The summed E-state index contributed by atoms with van der Waals surface area (Å²) in [6.45, 7) is 0.541. The Hall–Kier alpha value is -1.69. The summed E-state index contributed by atoms with van der Waals surface area (Å²) in [6, 6.07) is 3.57. The Morgan fingerprint density at radius 2 is 2.31 bits per heavy atom. The molecule has 0 aromatic carbocycles. The zero-order valence-corrected chi connectivity index (χ0v) is 9.80. The predicted octanol–water partition coefficient (Wildman–Crippen LogP) is 0.264. The van der Waals surface area contributed by atoms with Gasteiger partial charge in [0.05, 0.1) is 0 Å². The van der Waals surface area contributed by atoms with Crippen LogP contribution in [-0.4, -0.2) is 29.5 Å². The fourth-order valence-electron chi connectivity index (χ4n) is 1.07. The largest absolute Gasteiger partial charge is 0.389 e. The van der Waals surface area contributed by atoms with E-state index in [9.17, 15) is 4.79 Å².